The van der Waals surface area contributed by atoms with E-state index in [-0.39, 0.29) is 23.5 Å². The van der Waals surface area contributed by atoms with Gasteiger partial charge in [0.15, 0.2) is 6.61 Å². The van der Waals surface area contributed by atoms with Gasteiger partial charge in [0.05, 0.1) is 22.7 Å². The monoisotopic (exact) mass is 475 g/mol. The van der Waals surface area contributed by atoms with Crippen LogP contribution in [0.4, 0.5) is 16.4 Å². The van der Waals surface area contributed by atoms with Crippen molar-refractivity contribution in [2.75, 3.05) is 30.4 Å². The molecule has 0 aliphatic heterocycles. The molecule has 1 aromatic carbocycles. The molecule has 0 saturated carbocycles. The number of carbonyl (C=O) groups excluding carboxylic acids is 3. The summed E-state index contributed by atoms with van der Waals surface area (Å²) in [5.41, 5.74) is 1.25. The topological polar surface area (TPSA) is 137 Å². The molecule has 1 amide bonds. The molecule has 11 heteroatoms. The minimum absolute atomic E-state index is 0.0463. The molecule has 3 rings (SSSR count). The predicted octanol–water partition coefficient (Wildman–Crippen LogP) is 3.94. The Hall–Kier alpha value is -3.47. The fraction of sp³-hybridized carbons (Fsp3) is 0.409. The molecule has 1 aliphatic rings. The quantitative estimate of drug-likeness (QED) is 0.316. The van der Waals surface area contributed by atoms with Gasteiger partial charge in [-0.2, -0.15) is 0 Å². The Morgan fingerprint density at radius 1 is 1.12 bits per heavy atom. The summed E-state index contributed by atoms with van der Waals surface area (Å²) in [5, 5.41) is 17.2. The first-order chi connectivity index (χ1) is 15.8. The number of hydrogen-bond donors (Lipinski definition) is 2. The van der Waals surface area contributed by atoms with E-state index < -0.39 is 29.4 Å². The first-order valence-electron chi connectivity index (χ1n) is 10.7. The van der Waals surface area contributed by atoms with Gasteiger partial charge in [0, 0.05) is 17.5 Å². The van der Waals surface area contributed by atoms with Crippen molar-refractivity contribution >= 4 is 45.6 Å². The predicted molar refractivity (Wildman–Crippen MR) is 123 cm³/mol. The largest absolute Gasteiger partial charge is 0.462 e. The molecule has 10 nitrogen and oxygen atoms in total. The highest BCUT2D eigenvalue weighted by molar-refractivity contribution is 7.17. The number of rotatable bonds is 9. The van der Waals surface area contributed by atoms with Crippen LogP contribution in [0.1, 0.15) is 57.8 Å². The van der Waals surface area contributed by atoms with Crippen LogP contribution in [0.5, 0.6) is 0 Å². The normalized spacial score (nSPS) is 12.4. The molecule has 2 N–H and O–H groups in total. The molecule has 176 valence electrons. The van der Waals surface area contributed by atoms with Gasteiger partial charge < -0.3 is 20.1 Å². The highest BCUT2D eigenvalue weighted by Gasteiger charge is 2.27. The molecule has 1 heterocycles. The number of hydrogen-bond acceptors (Lipinski definition) is 9. The van der Waals surface area contributed by atoms with Crippen LogP contribution in [0.3, 0.4) is 0 Å². The third-order valence-corrected chi connectivity index (χ3v) is 6.24. The minimum atomic E-state index is -0.868. The fourth-order valence-corrected chi connectivity index (χ4v) is 4.89. The van der Waals surface area contributed by atoms with Crippen molar-refractivity contribution in [2.45, 2.75) is 39.5 Å². The zero-order valence-corrected chi connectivity index (χ0v) is 19.2. The number of esters is 2. The van der Waals surface area contributed by atoms with E-state index in [1.807, 2.05) is 0 Å². The standard InChI is InChI=1S/C22H25N3O7S/c1-3-23-15-10-9-13(11-16(15)25(29)30)21(27)32-12-18(26)24-20-19(22(28)31-4-2)14-7-5-6-8-17(14)33-20/h9-11,23H,3-8,12H2,1-2H3,(H,24,26). The van der Waals surface area contributed by atoms with Crippen LogP contribution < -0.4 is 10.6 Å². The van der Waals surface area contributed by atoms with Gasteiger partial charge in [-0.3, -0.25) is 14.9 Å². The zero-order valence-electron chi connectivity index (χ0n) is 18.4. The van der Waals surface area contributed by atoms with Crippen molar-refractivity contribution in [2.24, 2.45) is 0 Å². The molecule has 0 fully saturated rings. The van der Waals surface area contributed by atoms with Crippen LogP contribution in [0.2, 0.25) is 0 Å². The average Bonchev–Trinajstić information content (AvgIpc) is 3.15. The molecule has 0 radical (unpaired) electrons. The van der Waals surface area contributed by atoms with Gasteiger partial charge in [-0.05, 0) is 57.2 Å². The van der Waals surface area contributed by atoms with Gasteiger partial charge in [0.1, 0.15) is 10.7 Å². The van der Waals surface area contributed by atoms with Crippen LogP contribution in [0.25, 0.3) is 0 Å². The Kier molecular flexibility index (Phi) is 7.99. The van der Waals surface area contributed by atoms with Gasteiger partial charge in [0.25, 0.3) is 11.6 Å². The number of thiophene rings is 1. The van der Waals surface area contributed by atoms with E-state index in [1.54, 1.807) is 13.8 Å². The van der Waals surface area contributed by atoms with E-state index >= 15 is 0 Å². The number of ether oxygens (including phenoxy) is 2. The van der Waals surface area contributed by atoms with Crippen LogP contribution in [-0.4, -0.2) is 42.5 Å². The lowest BCUT2D eigenvalue weighted by molar-refractivity contribution is -0.384. The number of anilines is 2. The molecule has 0 saturated heterocycles. The summed E-state index contributed by atoms with van der Waals surface area (Å²) in [5.74, 6) is -1.98. The number of amides is 1. The summed E-state index contributed by atoms with van der Waals surface area (Å²) in [6.07, 6.45) is 3.55. The fourth-order valence-electron chi connectivity index (χ4n) is 3.60. The van der Waals surface area contributed by atoms with Crippen molar-refractivity contribution in [1.29, 1.82) is 0 Å². The Morgan fingerprint density at radius 3 is 2.58 bits per heavy atom. The second-order valence-corrected chi connectivity index (χ2v) is 8.38. The van der Waals surface area contributed by atoms with Crippen molar-refractivity contribution in [3.8, 4) is 0 Å². The van der Waals surface area contributed by atoms with Gasteiger partial charge in [-0.25, -0.2) is 9.59 Å². The molecule has 33 heavy (non-hydrogen) atoms. The van der Waals surface area contributed by atoms with Gasteiger partial charge in [-0.1, -0.05) is 0 Å². The number of aryl methyl sites for hydroxylation is 1. The van der Waals surface area contributed by atoms with Gasteiger partial charge in [0.2, 0.25) is 0 Å². The van der Waals surface area contributed by atoms with Crippen molar-refractivity contribution in [3.05, 3.63) is 49.9 Å². The highest BCUT2D eigenvalue weighted by Crippen LogP contribution is 2.38. The Labute approximate surface area is 194 Å². The number of carbonyl (C=O) groups is 3. The maximum atomic E-state index is 12.5. The van der Waals surface area contributed by atoms with E-state index in [9.17, 15) is 24.5 Å². The number of fused-ring (bicyclic) bond motifs is 1. The molecule has 0 bridgehead atoms. The average molecular weight is 476 g/mol. The van der Waals surface area contributed by atoms with Crippen molar-refractivity contribution in [1.82, 2.24) is 0 Å². The number of benzene rings is 1. The molecule has 1 aromatic heterocycles. The molecule has 2 aromatic rings. The Balaban J connectivity index is 1.69. The second-order valence-electron chi connectivity index (χ2n) is 7.28. The summed E-state index contributed by atoms with van der Waals surface area (Å²) in [7, 11) is 0. The SMILES string of the molecule is CCNc1ccc(C(=O)OCC(=O)Nc2sc3c(c2C(=O)OCC)CCCC3)cc1[N+](=O)[O-]. The van der Waals surface area contributed by atoms with E-state index in [0.717, 1.165) is 42.2 Å². The van der Waals surface area contributed by atoms with E-state index in [1.165, 1.54) is 23.5 Å². The molecular weight excluding hydrogens is 450 g/mol. The lowest BCUT2D eigenvalue weighted by Gasteiger charge is -2.12. The maximum absolute atomic E-state index is 12.5. The number of nitro groups is 1. The summed E-state index contributed by atoms with van der Waals surface area (Å²) in [4.78, 5) is 49.0. The second kappa shape index (κ2) is 10.9. The highest BCUT2D eigenvalue weighted by atomic mass is 32.1. The summed E-state index contributed by atoms with van der Waals surface area (Å²) < 4.78 is 10.2. The smallest absolute Gasteiger partial charge is 0.341 e. The molecule has 0 unspecified atom stereocenters. The summed E-state index contributed by atoms with van der Waals surface area (Å²) in [6, 6.07) is 3.90. The molecular formula is C22H25N3O7S. The van der Waals surface area contributed by atoms with Crippen LogP contribution in [0.15, 0.2) is 18.2 Å². The minimum Gasteiger partial charge on any atom is -0.462 e. The summed E-state index contributed by atoms with van der Waals surface area (Å²) in [6.45, 7) is 3.59. The lowest BCUT2D eigenvalue weighted by atomic mass is 9.95. The number of nitrogens with zero attached hydrogens (tertiary/aromatic N) is 1. The first-order valence-corrected chi connectivity index (χ1v) is 11.5. The Morgan fingerprint density at radius 2 is 1.88 bits per heavy atom. The van der Waals surface area contributed by atoms with Crippen molar-refractivity contribution < 1.29 is 28.8 Å². The molecule has 1 aliphatic carbocycles. The third kappa shape index (κ3) is 5.67. The summed E-state index contributed by atoms with van der Waals surface area (Å²) >= 11 is 1.33. The van der Waals surface area contributed by atoms with Crippen molar-refractivity contribution in [3.63, 3.8) is 0 Å². The third-order valence-electron chi connectivity index (χ3n) is 5.04. The van der Waals surface area contributed by atoms with Gasteiger partial charge >= 0.3 is 11.9 Å². The van der Waals surface area contributed by atoms with E-state index in [0.29, 0.717) is 17.1 Å². The number of nitro benzene ring substituents is 1. The van der Waals surface area contributed by atoms with E-state index in [2.05, 4.69) is 10.6 Å². The lowest BCUT2D eigenvalue weighted by Crippen LogP contribution is -2.22. The van der Waals surface area contributed by atoms with Crippen LogP contribution in [0, 0.1) is 10.1 Å². The zero-order chi connectivity index (χ0) is 24.0. The van der Waals surface area contributed by atoms with E-state index in [4.69, 9.17) is 9.47 Å². The maximum Gasteiger partial charge on any atom is 0.341 e. The number of nitrogens with one attached hydrogen (secondary N) is 2. The van der Waals surface area contributed by atoms with Crippen LogP contribution >= 0.6 is 11.3 Å². The first kappa shape index (κ1) is 24.2. The van der Waals surface area contributed by atoms with Crippen LogP contribution in [-0.2, 0) is 27.1 Å². The Bertz CT molecular complexity index is 1080. The molecule has 0 spiro atoms. The molecule has 0 atom stereocenters. The van der Waals surface area contributed by atoms with Gasteiger partial charge in [-0.15, -0.1) is 11.3 Å².